The van der Waals surface area contributed by atoms with Gasteiger partial charge >= 0.3 is 0 Å². The number of aromatic nitrogens is 1. The van der Waals surface area contributed by atoms with Crippen molar-refractivity contribution >= 4 is 5.69 Å². The second kappa shape index (κ2) is 8.25. The van der Waals surface area contributed by atoms with E-state index in [1.807, 2.05) is 19.2 Å². The highest BCUT2D eigenvalue weighted by Gasteiger charge is 2.17. The predicted octanol–water partition coefficient (Wildman–Crippen LogP) is 4.18. The van der Waals surface area contributed by atoms with Crippen LogP contribution in [0.3, 0.4) is 0 Å². The average Bonchev–Trinajstić information content (AvgIpc) is 2.46. The lowest BCUT2D eigenvalue weighted by atomic mass is 10.1. The molecule has 0 aliphatic carbocycles. The maximum Gasteiger partial charge on any atom is 0.0957 e. The summed E-state index contributed by atoms with van der Waals surface area (Å²) in [5.41, 5.74) is 1.93. The lowest BCUT2D eigenvalue weighted by Crippen LogP contribution is -2.37. The maximum absolute atomic E-state index is 9.83. The number of hydrogen-bond donors (Lipinski definition) is 1. The van der Waals surface area contributed by atoms with E-state index in [0.29, 0.717) is 18.4 Å². The summed E-state index contributed by atoms with van der Waals surface area (Å²) in [6.45, 7) is 12.0. The highest BCUT2D eigenvalue weighted by molar-refractivity contribution is 5.46. The number of aliphatic hydroxyl groups excluding tert-OH is 1. The van der Waals surface area contributed by atoms with Crippen LogP contribution in [0.1, 0.15) is 65.7 Å². The van der Waals surface area contributed by atoms with Crippen LogP contribution in [0.15, 0.2) is 18.3 Å². The Morgan fingerprint density at radius 1 is 1.10 bits per heavy atom. The molecule has 3 nitrogen and oxygen atoms in total. The molecule has 0 spiro atoms. The van der Waals surface area contributed by atoms with Gasteiger partial charge in [-0.15, -0.1) is 0 Å². The van der Waals surface area contributed by atoms with Crippen molar-refractivity contribution < 1.29 is 5.11 Å². The summed E-state index contributed by atoms with van der Waals surface area (Å²) < 4.78 is 0. The minimum absolute atomic E-state index is 0.448. The molecule has 114 valence electrons. The molecule has 1 unspecified atom stereocenters. The van der Waals surface area contributed by atoms with Gasteiger partial charge in [-0.05, 0) is 37.3 Å². The summed E-state index contributed by atoms with van der Waals surface area (Å²) in [5, 5.41) is 9.83. The van der Waals surface area contributed by atoms with Gasteiger partial charge in [0.15, 0.2) is 0 Å². The Morgan fingerprint density at radius 3 is 2.15 bits per heavy atom. The van der Waals surface area contributed by atoms with Crippen LogP contribution in [0, 0.1) is 5.92 Å². The molecule has 0 aromatic carbocycles. The summed E-state index contributed by atoms with van der Waals surface area (Å²) in [4.78, 5) is 6.90. The van der Waals surface area contributed by atoms with Crippen molar-refractivity contribution in [2.45, 2.75) is 66.0 Å². The van der Waals surface area contributed by atoms with Crippen LogP contribution in [0.5, 0.6) is 0 Å². The number of aliphatic hydroxyl groups is 1. The average molecular weight is 278 g/mol. The van der Waals surface area contributed by atoms with E-state index in [1.165, 1.54) is 5.69 Å². The quantitative estimate of drug-likeness (QED) is 0.775. The third kappa shape index (κ3) is 4.48. The van der Waals surface area contributed by atoms with Crippen molar-refractivity contribution in [2.75, 3.05) is 11.4 Å². The first kappa shape index (κ1) is 17.0. The first-order valence-corrected chi connectivity index (χ1v) is 7.94. The minimum atomic E-state index is -0.448. The highest BCUT2D eigenvalue weighted by Crippen LogP contribution is 2.23. The molecule has 1 aromatic heterocycles. The Labute approximate surface area is 124 Å². The van der Waals surface area contributed by atoms with E-state index in [2.05, 4.69) is 43.6 Å². The van der Waals surface area contributed by atoms with E-state index in [-0.39, 0.29) is 0 Å². The number of pyridine rings is 1. The molecule has 0 aliphatic heterocycles. The Kier molecular flexibility index (Phi) is 7.00. The zero-order valence-corrected chi connectivity index (χ0v) is 13.6. The monoisotopic (exact) mass is 278 g/mol. The Morgan fingerprint density at radius 2 is 1.75 bits per heavy atom. The minimum Gasteiger partial charge on any atom is -0.387 e. The van der Waals surface area contributed by atoms with Gasteiger partial charge in [-0.1, -0.05) is 34.6 Å². The first-order valence-electron chi connectivity index (χ1n) is 7.94. The van der Waals surface area contributed by atoms with Crippen molar-refractivity contribution in [3.05, 3.63) is 24.0 Å². The van der Waals surface area contributed by atoms with Gasteiger partial charge in [-0.25, -0.2) is 0 Å². The second-order valence-electron chi connectivity index (χ2n) is 5.88. The number of anilines is 1. The van der Waals surface area contributed by atoms with E-state index in [4.69, 9.17) is 0 Å². The summed E-state index contributed by atoms with van der Waals surface area (Å²) in [5.74, 6) is 0.622. The smallest absolute Gasteiger partial charge is 0.0957 e. The molecule has 0 radical (unpaired) electrons. The van der Waals surface area contributed by atoms with Gasteiger partial charge in [0, 0.05) is 12.6 Å². The molecule has 0 amide bonds. The zero-order valence-electron chi connectivity index (χ0n) is 13.6. The van der Waals surface area contributed by atoms with Crippen LogP contribution >= 0.6 is 0 Å². The molecule has 0 bridgehead atoms. The summed E-state index contributed by atoms with van der Waals surface area (Å²) in [6.07, 6.45) is 4.45. The molecule has 0 aliphatic rings. The van der Waals surface area contributed by atoms with Gasteiger partial charge in [0.25, 0.3) is 0 Å². The van der Waals surface area contributed by atoms with Crippen molar-refractivity contribution in [1.29, 1.82) is 0 Å². The summed E-state index contributed by atoms with van der Waals surface area (Å²) in [7, 11) is 0. The third-order valence-corrected chi connectivity index (χ3v) is 3.78. The van der Waals surface area contributed by atoms with Crippen LogP contribution in [0.25, 0.3) is 0 Å². The highest BCUT2D eigenvalue weighted by atomic mass is 16.3. The van der Waals surface area contributed by atoms with E-state index in [0.717, 1.165) is 25.1 Å². The standard InChI is InChI=1S/C17H30N2O/c1-6-14(7-2)19(12-13(4)5)15-9-10-16(18-11-15)17(20)8-3/h9-11,13-14,17,20H,6-8,12H2,1-5H3. The summed E-state index contributed by atoms with van der Waals surface area (Å²) in [6, 6.07) is 4.61. The van der Waals surface area contributed by atoms with Crippen LogP contribution in [0.4, 0.5) is 5.69 Å². The van der Waals surface area contributed by atoms with Gasteiger partial charge in [0.05, 0.1) is 23.7 Å². The topological polar surface area (TPSA) is 36.4 Å². The largest absolute Gasteiger partial charge is 0.387 e. The van der Waals surface area contributed by atoms with Crippen LogP contribution in [0.2, 0.25) is 0 Å². The Balaban J connectivity index is 2.95. The molecule has 1 aromatic rings. The zero-order chi connectivity index (χ0) is 15.1. The lowest BCUT2D eigenvalue weighted by Gasteiger charge is -2.34. The first-order chi connectivity index (χ1) is 9.53. The molecule has 0 saturated carbocycles. The molecule has 1 rings (SSSR count). The molecule has 20 heavy (non-hydrogen) atoms. The van der Waals surface area contributed by atoms with Crippen molar-refractivity contribution in [2.24, 2.45) is 5.92 Å². The van der Waals surface area contributed by atoms with Gasteiger partial charge in [0.1, 0.15) is 0 Å². The van der Waals surface area contributed by atoms with Gasteiger partial charge in [0.2, 0.25) is 0 Å². The lowest BCUT2D eigenvalue weighted by molar-refractivity contribution is 0.169. The third-order valence-electron chi connectivity index (χ3n) is 3.78. The molecular formula is C17H30N2O. The fraction of sp³-hybridized carbons (Fsp3) is 0.706. The van der Waals surface area contributed by atoms with Crippen molar-refractivity contribution in [3.8, 4) is 0 Å². The number of rotatable bonds is 8. The van der Waals surface area contributed by atoms with E-state index in [1.54, 1.807) is 0 Å². The van der Waals surface area contributed by atoms with Crippen molar-refractivity contribution in [3.63, 3.8) is 0 Å². The molecule has 0 saturated heterocycles. The predicted molar refractivity (Wildman–Crippen MR) is 86.0 cm³/mol. The molecular weight excluding hydrogens is 248 g/mol. The van der Waals surface area contributed by atoms with Crippen LogP contribution < -0.4 is 4.90 Å². The van der Waals surface area contributed by atoms with Gasteiger partial charge in [-0.2, -0.15) is 0 Å². The Hall–Kier alpha value is -1.09. The molecule has 1 N–H and O–H groups in total. The molecule has 0 fully saturated rings. The fourth-order valence-electron chi connectivity index (χ4n) is 2.56. The van der Waals surface area contributed by atoms with Crippen molar-refractivity contribution in [1.82, 2.24) is 4.98 Å². The second-order valence-corrected chi connectivity index (χ2v) is 5.88. The van der Waals surface area contributed by atoms with E-state index < -0.39 is 6.10 Å². The summed E-state index contributed by atoms with van der Waals surface area (Å²) >= 11 is 0. The molecule has 3 heteroatoms. The fourth-order valence-corrected chi connectivity index (χ4v) is 2.56. The Bertz CT molecular complexity index is 371. The van der Waals surface area contributed by atoms with Crippen LogP contribution in [-0.4, -0.2) is 22.7 Å². The van der Waals surface area contributed by atoms with Crippen LogP contribution in [-0.2, 0) is 0 Å². The van der Waals surface area contributed by atoms with Gasteiger partial charge < -0.3 is 10.0 Å². The molecule has 1 atom stereocenters. The SMILES string of the molecule is CCC(O)c1ccc(N(CC(C)C)C(CC)CC)cn1. The number of hydrogen-bond acceptors (Lipinski definition) is 3. The maximum atomic E-state index is 9.83. The van der Waals surface area contributed by atoms with E-state index >= 15 is 0 Å². The van der Waals surface area contributed by atoms with E-state index in [9.17, 15) is 5.11 Å². The normalized spacial score (nSPS) is 13.0. The van der Waals surface area contributed by atoms with Gasteiger partial charge in [-0.3, -0.25) is 4.98 Å². The molecule has 1 heterocycles. The number of nitrogens with zero attached hydrogens (tertiary/aromatic N) is 2.